The van der Waals surface area contributed by atoms with Crippen molar-refractivity contribution in [2.75, 3.05) is 0 Å². The van der Waals surface area contributed by atoms with Gasteiger partial charge in [0.2, 0.25) is 0 Å². The normalized spacial score (nSPS) is 10.7. The fraction of sp³-hybridized carbons (Fsp3) is 0.286. The number of nitrogens with zero attached hydrogens (tertiary/aromatic N) is 2. The molecule has 0 aliphatic rings. The minimum absolute atomic E-state index is 0.153. The third-order valence-corrected chi connectivity index (χ3v) is 3.45. The SMILES string of the molecule is CCc1c(C)nn(-c2ccc(Cl)cc2C(=O)O)c1C. The Morgan fingerprint density at radius 2 is 2.11 bits per heavy atom. The minimum Gasteiger partial charge on any atom is -0.478 e. The molecule has 0 saturated carbocycles. The molecule has 0 amide bonds. The summed E-state index contributed by atoms with van der Waals surface area (Å²) in [6.45, 7) is 5.93. The van der Waals surface area contributed by atoms with E-state index in [1.165, 1.54) is 6.07 Å². The number of halogens is 1. The van der Waals surface area contributed by atoms with Crippen molar-refractivity contribution in [1.82, 2.24) is 9.78 Å². The summed E-state index contributed by atoms with van der Waals surface area (Å²) >= 11 is 5.86. The van der Waals surface area contributed by atoms with Gasteiger partial charge in [0.15, 0.2) is 0 Å². The summed E-state index contributed by atoms with van der Waals surface area (Å²) < 4.78 is 1.67. The highest BCUT2D eigenvalue weighted by Gasteiger charge is 2.17. The van der Waals surface area contributed by atoms with Crippen LogP contribution in [0.15, 0.2) is 18.2 Å². The highest BCUT2D eigenvalue weighted by molar-refractivity contribution is 6.31. The van der Waals surface area contributed by atoms with Crippen molar-refractivity contribution < 1.29 is 9.90 Å². The van der Waals surface area contributed by atoms with Gasteiger partial charge in [-0.15, -0.1) is 0 Å². The number of carbonyl (C=O) groups is 1. The molecule has 1 N–H and O–H groups in total. The number of aryl methyl sites for hydroxylation is 1. The van der Waals surface area contributed by atoms with Gasteiger partial charge in [-0.05, 0) is 44.0 Å². The summed E-state index contributed by atoms with van der Waals surface area (Å²) in [5, 5.41) is 14.1. The number of benzene rings is 1. The largest absolute Gasteiger partial charge is 0.478 e. The number of rotatable bonds is 3. The maximum Gasteiger partial charge on any atom is 0.337 e. The van der Waals surface area contributed by atoms with Gasteiger partial charge in [0.05, 0.1) is 16.9 Å². The van der Waals surface area contributed by atoms with E-state index in [1.54, 1.807) is 16.8 Å². The van der Waals surface area contributed by atoms with E-state index in [-0.39, 0.29) is 5.56 Å². The molecular formula is C14H15ClN2O2. The van der Waals surface area contributed by atoms with Gasteiger partial charge in [-0.2, -0.15) is 5.10 Å². The molecule has 0 saturated heterocycles. The average molecular weight is 279 g/mol. The predicted octanol–water partition coefficient (Wildman–Crippen LogP) is 3.40. The average Bonchev–Trinajstić information content (AvgIpc) is 2.64. The van der Waals surface area contributed by atoms with Crippen molar-refractivity contribution in [3.8, 4) is 5.69 Å². The third kappa shape index (κ3) is 2.36. The highest BCUT2D eigenvalue weighted by Crippen LogP contribution is 2.23. The molecule has 0 aliphatic carbocycles. The lowest BCUT2D eigenvalue weighted by Crippen LogP contribution is -2.08. The van der Waals surface area contributed by atoms with Crippen LogP contribution in [0.1, 0.15) is 34.2 Å². The van der Waals surface area contributed by atoms with Gasteiger partial charge < -0.3 is 5.11 Å². The smallest absolute Gasteiger partial charge is 0.337 e. The van der Waals surface area contributed by atoms with E-state index < -0.39 is 5.97 Å². The maximum absolute atomic E-state index is 11.3. The number of carboxylic acid groups (broad SMARTS) is 1. The van der Waals surface area contributed by atoms with E-state index in [0.717, 1.165) is 23.4 Å². The zero-order chi connectivity index (χ0) is 14.2. The molecule has 1 heterocycles. The summed E-state index contributed by atoms with van der Waals surface area (Å²) in [6.07, 6.45) is 0.869. The van der Waals surface area contributed by atoms with Crippen molar-refractivity contribution in [3.63, 3.8) is 0 Å². The quantitative estimate of drug-likeness (QED) is 0.936. The summed E-state index contributed by atoms with van der Waals surface area (Å²) in [6, 6.07) is 4.80. The van der Waals surface area contributed by atoms with E-state index in [2.05, 4.69) is 12.0 Å². The highest BCUT2D eigenvalue weighted by atomic mass is 35.5. The predicted molar refractivity (Wildman–Crippen MR) is 74.4 cm³/mol. The Balaban J connectivity index is 2.69. The molecule has 0 unspecified atom stereocenters. The molecule has 0 bridgehead atoms. The van der Waals surface area contributed by atoms with Crippen LogP contribution >= 0.6 is 11.6 Å². The number of hydrogen-bond acceptors (Lipinski definition) is 2. The lowest BCUT2D eigenvalue weighted by molar-refractivity contribution is 0.0696. The van der Waals surface area contributed by atoms with Gasteiger partial charge in [-0.1, -0.05) is 18.5 Å². The van der Waals surface area contributed by atoms with Crippen molar-refractivity contribution in [1.29, 1.82) is 0 Å². The maximum atomic E-state index is 11.3. The van der Waals surface area contributed by atoms with Crippen LogP contribution in [0.25, 0.3) is 5.69 Å². The Hall–Kier alpha value is -1.81. The first kappa shape index (κ1) is 13.6. The van der Waals surface area contributed by atoms with Gasteiger partial charge in [0, 0.05) is 10.7 Å². The van der Waals surface area contributed by atoms with E-state index in [9.17, 15) is 9.90 Å². The molecule has 0 spiro atoms. The molecule has 0 radical (unpaired) electrons. The van der Waals surface area contributed by atoms with Crippen LogP contribution in [0.4, 0.5) is 0 Å². The molecule has 1 aromatic carbocycles. The van der Waals surface area contributed by atoms with E-state index in [4.69, 9.17) is 11.6 Å². The molecular weight excluding hydrogens is 264 g/mol. The molecule has 100 valence electrons. The second-order valence-corrected chi connectivity index (χ2v) is 4.82. The van der Waals surface area contributed by atoms with Crippen LogP contribution in [0.2, 0.25) is 5.02 Å². The van der Waals surface area contributed by atoms with Crippen molar-refractivity contribution in [3.05, 3.63) is 45.7 Å². The summed E-state index contributed by atoms with van der Waals surface area (Å²) in [7, 11) is 0. The molecule has 0 aliphatic heterocycles. The number of aromatic carboxylic acids is 1. The zero-order valence-corrected chi connectivity index (χ0v) is 11.8. The van der Waals surface area contributed by atoms with Gasteiger partial charge in [0.25, 0.3) is 0 Å². The third-order valence-electron chi connectivity index (χ3n) is 3.21. The van der Waals surface area contributed by atoms with Crippen LogP contribution in [0.3, 0.4) is 0 Å². The van der Waals surface area contributed by atoms with Crippen molar-refractivity contribution in [2.24, 2.45) is 0 Å². The Morgan fingerprint density at radius 1 is 1.42 bits per heavy atom. The first-order valence-corrected chi connectivity index (χ1v) is 6.41. The minimum atomic E-state index is -1.01. The Morgan fingerprint density at radius 3 is 2.63 bits per heavy atom. The van der Waals surface area contributed by atoms with Crippen molar-refractivity contribution >= 4 is 17.6 Å². The molecule has 0 atom stereocenters. The fourth-order valence-electron chi connectivity index (χ4n) is 2.29. The molecule has 2 rings (SSSR count). The Kier molecular flexibility index (Phi) is 3.62. The molecule has 2 aromatic rings. The first-order valence-electron chi connectivity index (χ1n) is 6.04. The molecule has 19 heavy (non-hydrogen) atoms. The zero-order valence-electron chi connectivity index (χ0n) is 11.1. The van der Waals surface area contributed by atoms with Crippen LogP contribution in [0, 0.1) is 13.8 Å². The lowest BCUT2D eigenvalue weighted by Gasteiger charge is -2.09. The Labute approximate surface area is 116 Å². The molecule has 1 aromatic heterocycles. The van der Waals surface area contributed by atoms with Crippen LogP contribution in [-0.2, 0) is 6.42 Å². The van der Waals surface area contributed by atoms with Gasteiger partial charge in [-0.25, -0.2) is 9.48 Å². The standard InChI is InChI=1S/C14H15ClN2O2/c1-4-11-8(2)16-17(9(11)3)13-6-5-10(15)7-12(13)14(18)19/h5-7H,4H2,1-3H3,(H,18,19). The fourth-order valence-corrected chi connectivity index (χ4v) is 2.46. The van der Waals surface area contributed by atoms with Crippen LogP contribution in [-0.4, -0.2) is 20.9 Å². The number of aromatic nitrogens is 2. The van der Waals surface area contributed by atoms with Crippen LogP contribution in [0.5, 0.6) is 0 Å². The van der Waals surface area contributed by atoms with Gasteiger partial charge in [-0.3, -0.25) is 0 Å². The van der Waals surface area contributed by atoms with Gasteiger partial charge in [0.1, 0.15) is 0 Å². The van der Waals surface area contributed by atoms with Crippen molar-refractivity contribution in [2.45, 2.75) is 27.2 Å². The monoisotopic (exact) mass is 278 g/mol. The van der Waals surface area contributed by atoms with E-state index in [0.29, 0.717) is 10.7 Å². The van der Waals surface area contributed by atoms with Crippen LogP contribution < -0.4 is 0 Å². The lowest BCUT2D eigenvalue weighted by atomic mass is 10.1. The Bertz CT molecular complexity index is 647. The second kappa shape index (κ2) is 5.05. The van der Waals surface area contributed by atoms with E-state index >= 15 is 0 Å². The van der Waals surface area contributed by atoms with Gasteiger partial charge >= 0.3 is 5.97 Å². The summed E-state index contributed by atoms with van der Waals surface area (Å²) in [5.74, 6) is -1.01. The summed E-state index contributed by atoms with van der Waals surface area (Å²) in [5.41, 5.74) is 3.72. The number of carboxylic acids is 1. The molecule has 4 nitrogen and oxygen atoms in total. The second-order valence-electron chi connectivity index (χ2n) is 4.38. The van der Waals surface area contributed by atoms with E-state index in [1.807, 2.05) is 13.8 Å². The first-order chi connectivity index (χ1) is 8.95. The topological polar surface area (TPSA) is 55.1 Å². The number of hydrogen-bond donors (Lipinski definition) is 1. The molecule has 0 fully saturated rings. The molecule has 5 heteroatoms. The summed E-state index contributed by atoms with van der Waals surface area (Å²) in [4.78, 5) is 11.3.